The molecule has 5 N–H and O–H groups in total. The van der Waals surface area contributed by atoms with Crippen molar-refractivity contribution >= 4 is 29.4 Å². The summed E-state index contributed by atoms with van der Waals surface area (Å²) in [7, 11) is 0. The standard InChI is InChI=1S/C20H29N5O5/c1-2-3-4-13-30-17(26)9-11-22-20(28)23-16-10-12-25(19(16)27)15-7-5-14(6-8-15)18(21)24-29/h5-8,16,29H,2-4,9-13H2,1H3,(H2,21,24)(H2,22,23,28)/t16-/m0/s1. The van der Waals surface area contributed by atoms with Gasteiger partial charge in [-0.3, -0.25) is 9.59 Å². The lowest BCUT2D eigenvalue weighted by atomic mass is 10.2. The van der Waals surface area contributed by atoms with Gasteiger partial charge in [0.25, 0.3) is 0 Å². The maximum absolute atomic E-state index is 12.6. The Morgan fingerprint density at radius 1 is 1.30 bits per heavy atom. The molecule has 1 heterocycles. The van der Waals surface area contributed by atoms with Gasteiger partial charge >= 0.3 is 12.0 Å². The van der Waals surface area contributed by atoms with Crippen LogP contribution in [0.25, 0.3) is 0 Å². The maximum Gasteiger partial charge on any atom is 0.315 e. The molecule has 10 nitrogen and oxygen atoms in total. The van der Waals surface area contributed by atoms with Gasteiger partial charge in [-0.1, -0.05) is 24.9 Å². The van der Waals surface area contributed by atoms with Crippen molar-refractivity contribution in [1.29, 1.82) is 0 Å². The highest BCUT2D eigenvalue weighted by Crippen LogP contribution is 2.22. The lowest BCUT2D eigenvalue weighted by molar-refractivity contribution is -0.143. The number of ether oxygens (including phenoxy) is 1. The number of hydrogen-bond donors (Lipinski definition) is 4. The number of urea groups is 1. The highest BCUT2D eigenvalue weighted by Gasteiger charge is 2.33. The molecule has 0 unspecified atom stereocenters. The van der Waals surface area contributed by atoms with Crippen LogP contribution in [0.3, 0.4) is 0 Å². The Kier molecular flexibility index (Phi) is 8.92. The smallest absolute Gasteiger partial charge is 0.315 e. The van der Waals surface area contributed by atoms with Crippen molar-refractivity contribution < 1.29 is 24.3 Å². The molecule has 0 aromatic heterocycles. The Hall–Kier alpha value is -3.30. The predicted octanol–water partition coefficient (Wildman–Crippen LogP) is 1.31. The van der Waals surface area contributed by atoms with Gasteiger partial charge in [0, 0.05) is 24.3 Å². The van der Waals surface area contributed by atoms with E-state index in [4.69, 9.17) is 15.7 Å². The third-order valence-electron chi connectivity index (χ3n) is 4.72. The largest absolute Gasteiger partial charge is 0.466 e. The van der Waals surface area contributed by atoms with Crippen LogP contribution in [0.15, 0.2) is 29.4 Å². The first-order chi connectivity index (χ1) is 14.5. The van der Waals surface area contributed by atoms with E-state index in [1.165, 1.54) is 0 Å². The Morgan fingerprint density at radius 3 is 2.70 bits per heavy atom. The number of esters is 1. The Bertz CT molecular complexity index is 765. The minimum Gasteiger partial charge on any atom is -0.466 e. The van der Waals surface area contributed by atoms with Crippen molar-refractivity contribution in [2.75, 3.05) is 24.6 Å². The molecule has 1 aliphatic heterocycles. The van der Waals surface area contributed by atoms with Gasteiger partial charge in [-0.15, -0.1) is 0 Å². The van der Waals surface area contributed by atoms with Crippen LogP contribution in [-0.4, -0.2) is 54.7 Å². The summed E-state index contributed by atoms with van der Waals surface area (Å²) in [5.74, 6) is -0.600. The third-order valence-corrected chi connectivity index (χ3v) is 4.72. The lowest BCUT2D eigenvalue weighted by Crippen LogP contribution is -2.46. The molecule has 1 aliphatic rings. The van der Waals surface area contributed by atoms with Crippen LogP contribution in [-0.2, 0) is 14.3 Å². The first kappa shape index (κ1) is 23.0. The number of hydrogen-bond acceptors (Lipinski definition) is 6. The molecule has 0 bridgehead atoms. The van der Waals surface area contributed by atoms with Gasteiger partial charge in [0.05, 0.1) is 13.0 Å². The van der Waals surface area contributed by atoms with E-state index < -0.39 is 12.1 Å². The average molecular weight is 419 g/mol. The topological polar surface area (TPSA) is 146 Å². The van der Waals surface area contributed by atoms with E-state index >= 15 is 0 Å². The van der Waals surface area contributed by atoms with Crippen molar-refractivity contribution in [3.05, 3.63) is 29.8 Å². The molecular formula is C20H29N5O5. The van der Waals surface area contributed by atoms with E-state index in [2.05, 4.69) is 22.7 Å². The van der Waals surface area contributed by atoms with E-state index in [0.717, 1.165) is 19.3 Å². The number of oxime groups is 1. The molecule has 3 amide bonds. The third kappa shape index (κ3) is 6.64. The molecule has 1 atom stereocenters. The second-order valence-corrected chi connectivity index (χ2v) is 6.94. The van der Waals surface area contributed by atoms with Crippen LogP contribution in [0.2, 0.25) is 0 Å². The van der Waals surface area contributed by atoms with E-state index in [9.17, 15) is 14.4 Å². The van der Waals surface area contributed by atoms with Crippen molar-refractivity contribution in [2.24, 2.45) is 10.9 Å². The predicted molar refractivity (Wildman–Crippen MR) is 111 cm³/mol. The van der Waals surface area contributed by atoms with Crippen molar-refractivity contribution in [2.45, 2.75) is 45.1 Å². The number of rotatable bonds is 10. The molecule has 164 valence electrons. The van der Waals surface area contributed by atoms with Crippen LogP contribution in [0.4, 0.5) is 10.5 Å². The van der Waals surface area contributed by atoms with Crippen LogP contribution in [0.1, 0.15) is 44.6 Å². The molecule has 0 saturated carbocycles. The Balaban J connectivity index is 1.74. The number of carbonyl (C=O) groups excluding carboxylic acids is 3. The fourth-order valence-corrected chi connectivity index (χ4v) is 3.04. The van der Waals surface area contributed by atoms with Gasteiger partial charge in [0.2, 0.25) is 5.91 Å². The van der Waals surface area contributed by atoms with E-state index in [1.807, 2.05) is 0 Å². The average Bonchev–Trinajstić information content (AvgIpc) is 3.10. The second-order valence-electron chi connectivity index (χ2n) is 6.94. The van der Waals surface area contributed by atoms with Gasteiger partial charge < -0.3 is 31.2 Å². The Morgan fingerprint density at radius 2 is 2.03 bits per heavy atom. The minimum absolute atomic E-state index is 0.0182. The zero-order chi connectivity index (χ0) is 21.9. The van der Waals surface area contributed by atoms with Gasteiger partial charge in [0.15, 0.2) is 5.84 Å². The van der Waals surface area contributed by atoms with E-state index in [1.54, 1.807) is 29.2 Å². The summed E-state index contributed by atoms with van der Waals surface area (Å²) >= 11 is 0. The SMILES string of the molecule is CCCCCOC(=O)CCNC(=O)N[C@H]1CCN(c2ccc(C(N)=NO)cc2)C1=O. The summed E-state index contributed by atoms with van der Waals surface area (Å²) in [6.45, 7) is 3.06. The molecule has 0 aliphatic carbocycles. The quantitative estimate of drug-likeness (QED) is 0.112. The molecule has 30 heavy (non-hydrogen) atoms. The number of nitrogens with two attached hydrogens (primary N) is 1. The Labute approximate surface area is 175 Å². The second kappa shape index (κ2) is 11.6. The molecule has 2 rings (SSSR count). The molecular weight excluding hydrogens is 390 g/mol. The molecule has 1 fully saturated rings. The first-order valence-electron chi connectivity index (χ1n) is 10.1. The summed E-state index contributed by atoms with van der Waals surface area (Å²) in [5.41, 5.74) is 6.72. The monoisotopic (exact) mass is 419 g/mol. The van der Waals surface area contributed by atoms with Crippen molar-refractivity contribution in [3.63, 3.8) is 0 Å². The van der Waals surface area contributed by atoms with Crippen LogP contribution >= 0.6 is 0 Å². The van der Waals surface area contributed by atoms with E-state index in [-0.39, 0.29) is 30.7 Å². The fourth-order valence-electron chi connectivity index (χ4n) is 3.04. The van der Waals surface area contributed by atoms with Gasteiger partial charge in [-0.05, 0) is 37.1 Å². The lowest BCUT2D eigenvalue weighted by Gasteiger charge is -2.18. The van der Waals surface area contributed by atoms with Crippen LogP contribution in [0.5, 0.6) is 0 Å². The molecule has 0 radical (unpaired) electrons. The summed E-state index contributed by atoms with van der Waals surface area (Å²) in [6.07, 6.45) is 3.44. The summed E-state index contributed by atoms with van der Waals surface area (Å²) in [6, 6.07) is 5.53. The number of amidine groups is 1. The number of nitrogens with zero attached hydrogens (tertiary/aromatic N) is 2. The van der Waals surface area contributed by atoms with Gasteiger partial charge in [-0.2, -0.15) is 0 Å². The number of carbonyl (C=O) groups is 3. The number of anilines is 1. The maximum atomic E-state index is 12.6. The molecule has 10 heteroatoms. The highest BCUT2D eigenvalue weighted by atomic mass is 16.5. The summed E-state index contributed by atoms with van der Waals surface area (Å²) in [5, 5.41) is 16.8. The summed E-state index contributed by atoms with van der Waals surface area (Å²) < 4.78 is 5.07. The van der Waals surface area contributed by atoms with Gasteiger partial charge in [-0.25, -0.2) is 4.79 Å². The van der Waals surface area contributed by atoms with Crippen molar-refractivity contribution in [3.8, 4) is 0 Å². The molecule has 0 spiro atoms. The fraction of sp³-hybridized carbons (Fsp3) is 0.500. The molecule has 1 aromatic rings. The highest BCUT2D eigenvalue weighted by molar-refractivity contribution is 6.02. The van der Waals surface area contributed by atoms with Crippen LogP contribution in [0, 0.1) is 0 Å². The van der Waals surface area contributed by atoms with Crippen LogP contribution < -0.4 is 21.3 Å². The zero-order valence-corrected chi connectivity index (χ0v) is 17.1. The first-order valence-corrected chi connectivity index (χ1v) is 10.1. The summed E-state index contributed by atoms with van der Waals surface area (Å²) in [4.78, 5) is 37.8. The molecule has 1 saturated heterocycles. The number of nitrogens with one attached hydrogen (secondary N) is 2. The molecule has 1 aromatic carbocycles. The normalized spacial score (nSPS) is 16.4. The zero-order valence-electron chi connectivity index (χ0n) is 17.1. The van der Waals surface area contributed by atoms with Crippen molar-refractivity contribution in [1.82, 2.24) is 10.6 Å². The number of amides is 3. The van der Waals surface area contributed by atoms with Gasteiger partial charge in [0.1, 0.15) is 6.04 Å². The minimum atomic E-state index is -0.644. The van der Waals surface area contributed by atoms with E-state index in [0.29, 0.717) is 30.8 Å². The number of benzene rings is 1. The number of unbranched alkanes of at least 4 members (excludes halogenated alkanes) is 2.